The molecule has 0 spiro atoms. The van der Waals surface area contributed by atoms with Gasteiger partial charge in [-0.15, -0.1) is 0 Å². The van der Waals surface area contributed by atoms with Crippen LogP contribution in [0.4, 0.5) is 5.69 Å². The molecule has 0 saturated heterocycles. The fourth-order valence-corrected chi connectivity index (χ4v) is 4.21. The minimum absolute atomic E-state index is 0.228. The van der Waals surface area contributed by atoms with E-state index >= 15 is 0 Å². The number of fused-ring (bicyclic) bond motifs is 1. The smallest absolute Gasteiger partial charge is 0.235 e. The summed E-state index contributed by atoms with van der Waals surface area (Å²) in [7, 11) is -3.18. The Hall–Kier alpha value is -0.740. The number of unbranched alkanes of at least 4 members (excludes halogenated alkanes) is 1. The number of benzene rings is 1. The standard InChI is InChI=1S/C13H18ClNO2S/c1-2-3-9-18(16,17)15-8-4-5-11-10-12(14)6-7-13(11)15/h6-7,10H,2-5,8-9H2,1H3. The number of hydrogen-bond acceptors (Lipinski definition) is 2. The van der Waals surface area contributed by atoms with Gasteiger partial charge in [-0.25, -0.2) is 8.42 Å². The fourth-order valence-electron chi connectivity index (χ4n) is 2.26. The molecule has 0 aromatic heterocycles. The summed E-state index contributed by atoms with van der Waals surface area (Å²) in [5, 5.41) is 0.668. The molecule has 0 atom stereocenters. The second-order valence-corrected chi connectivity index (χ2v) is 7.07. The van der Waals surface area contributed by atoms with Gasteiger partial charge in [0.15, 0.2) is 0 Å². The van der Waals surface area contributed by atoms with Crippen LogP contribution in [-0.4, -0.2) is 20.7 Å². The van der Waals surface area contributed by atoms with Gasteiger partial charge in [-0.3, -0.25) is 4.31 Å². The number of hydrogen-bond donors (Lipinski definition) is 0. The molecule has 0 unspecified atom stereocenters. The summed E-state index contributed by atoms with van der Waals surface area (Å²) >= 11 is 5.95. The Kier molecular flexibility index (Phi) is 4.17. The second-order valence-electron chi connectivity index (χ2n) is 4.62. The predicted octanol–water partition coefficient (Wildman–Crippen LogP) is 3.22. The Morgan fingerprint density at radius 2 is 2.17 bits per heavy atom. The highest BCUT2D eigenvalue weighted by molar-refractivity contribution is 7.92. The van der Waals surface area contributed by atoms with E-state index in [0.29, 0.717) is 18.0 Å². The highest BCUT2D eigenvalue weighted by Gasteiger charge is 2.26. The Balaban J connectivity index is 2.33. The summed E-state index contributed by atoms with van der Waals surface area (Å²) in [4.78, 5) is 0. The van der Waals surface area contributed by atoms with Crippen LogP contribution in [0.3, 0.4) is 0 Å². The van der Waals surface area contributed by atoms with Crippen LogP contribution in [0.5, 0.6) is 0 Å². The third kappa shape index (κ3) is 2.81. The molecule has 18 heavy (non-hydrogen) atoms. The molecule has 2 rings (SSSR count). The van der Waals surface area contributed by atoms with Crippen LogP contribution in [0.25, 0.3) is 0 Å². The van der Waals surface area contributed by atoms with E-state index < -0.39 is 10.0 Å². The van der Waals surface area contributed by atoms with E-state index in [1.165, 1.54) is 0 Å². The average Bonchev–Trinajstić information content (AvgIpc) is 2.35. The third-order valence-corrected chi connectivity index (χ3v) is 5.30. The topological polar surface area (TPSA) is 37.4 Å². The van der Waals surface area contributed by atoms with Gasteiger partial charge in [-0.05, 0) is 43.0 Å². The first-order chi connectivity index (χ1) is 8.54. The minimum Gasteiger partial charge on any atom is -0.270 e. The largest absolute Gasteiger partial charge is 0.270 e. The van der Waals surface area contributed by atoms with Crippen molar-refractivity contribution in [3.8, 4) is 0 Å². The number of anilines is 1. The molecular weight excluding hydrogens is 270 g/mol. The quantitative estimate of drug-likeness (QED) is 0.853. The van der Waals surface area contributed by atoms with E-state index in [4.69, 9.17) is 11.6 Å². The number of sulfonamides is 1. The Labute approximate surface area is 114 Å². The summed E-state index contributed by atoms with van der Waals surface area (Å²) in [5.41, 5.74) is 1.84. The van der Waals surface area contributed by atoms with Crippen molar-refractivity contribution in [2.75, 3.05) is 16.6 Å². The SMILES string of the molecule is CCCCS(=O)(=O)N1CCCc2cc(Cl)ccc21. The molecule has 1 aliphatic rings. The maximum atomic E-state index is 12.3. The molecule has 1 heterocycles. The molecule has 0 saturated carbocycles. The zero-order valence-electron chi connectivity index (χ0n) is 10.5. The van der Waals surface area contributed by atoms with Gasteiger partial charge in [0.25, 0.3) is 0 Å². The van der Waals surface area contributed by atoms with Crippen molar-refractivity contribution < 1.29 is 8.42 Å². The van der Waals surface area contributed by atoms with Crippen LogP contribution in [0.1, 0.15) is 31.7 Å². The highest BCUT2D eigenvalue weighted by Crippen LogP contribution is 2.31. The normalized spacial score (nSPS) is 15.6. The lowest BCUT2D eigenvalue weighted by Crippen LogP contribution is -2.37. The van der Waals surface area contributed by atoms with Crippen LogP contribution in [0, 0.1) is 0 Å². The first-order valence-corrected chi connectivity index (χ1v) is 8.32. The van der Waals surface area contributed by atoms with Crippen molar-refractivity contribution in [1.82, 2.24) is 0 Å². The van der Waals surface area contributed by atoms with Crippen molar-refractivity contribution in [3.63, 3.8) is 0 Å². The number of rotatable bonds is 4. The summed E-state index contributed by atoms with van der Waals surface area (Å²) in [5.74, 6) is 0.228. The van der Waals surface area contributed by atoms with Crippen molar-refractivity contribution in [3.05, 3.63) is 28.8 Å². The number of halogens is 1. The summed E-state index contributed by atoms with van der Waals surface area (Å²) < 4.78 is 26.1. The Bertz CT molecular complexity index is 528. The number of aryl methyl sites for hydroxylation is 1. The lowest BCUT2D eigenvalue weighted by molar-refractivity contribution is 0.583. The molecule has 1 aliphatic heterocycles. The van der Waals surface area contributed by atoms with Crippen LogP contribution >= 0.6 is 11.6 Å². The molecule has 0 aliphatic carbocycles. The molecule has 0 N–H and O–H groups in total. The van der Waals surface area contributed by atoms with Gasteiger partial charge in [0, 0.05) is 11.6 Å². The Morgan fingerprint density at radius 1 is 1.39 bits per heavy atom. The minimum atomic E-state index is -3.18. The number of nitrogens with zero attached hydrogens (tertiary/aromatic N) is 1. The molecule has 0 bridgehead atoms. The van der Waals surface area contributed by atoms with Crippen molar-refractivity contribution in [2.24, 2.45) is 0 Å². The van der Waals surface area contributed by atoms with Crippen LogP contribution in [-0.2, 0) is 16.4 Å². The average molecular weight is 288 g/mol. The molecule has 0 fully saturated rings. The van der Waals surface area contributed by atoms with E-state index in [2.05, 4.69) is 0 Å². The van der Waals surface area contributed by atoms with Crippen molar-refractivity contribution >= 4 is 27.3 Å². The van der Waals surface area contributed by atoms with E-state index in [-0.39, 0.29) is 5.75 Å². The van der Waals surface area contributed by atoms with Gasteiger partial charge < -0.3 is 0 Å². The highest BCUT2D eigenvalue weighted by atomic mass is 35.5. The maximum absolute atomic E-state index is 12.3. The monoisotopic (exact) mass is 287 g/mol. The van der Waals surface area contributed by atoms with E-state index in [1.807, 2.05) is 19.1 Å². The van der Waals surface area contributed by atoms with Crippen molar-refractivity contribution in [1.29, 1.82) is 0 Å². The van der Waals surface area contributed by atoms with E-state index in [0.717, 1.165) is 30.5 Å². The molecule has 3 nitrogen and oxygen atoms in total. The molecule has 1 aromatic rings. The zero-order chi connectivity index (χ0) is 13.2. The lowest BCUT2D eigenvalue weighted by atomic mass is 10.0. The van der Waals surface area contributed by atoms with Gasteiger partial charge in [0.2, 0.25) is 10.0 Å². The maximum Gasteiger partial charge on any atom is 0.235 e. The molecule has 0 radical (unpaired) electrons. The van der Waals surface area contributed by atoms with E-state index in [9.17, 15) is 8.42 Å². The summed E-state index contributed by atoms with van der Waals surface area (Å²) in [6, 6.07) is 5.45. The molecule has 100 valence electrons. The van der Waals surface area contributed by atoms with Gasteiger partial charge in [0.05, 0.1) is 11.4 Å². The van der Waals surface area contributed by atoms with Gasteiger partial charge in [0.1, 0.15) is 0 Å². The molecule has 1 aromatic carbocycles. The third-order valence-electron chi connectivity index (χ3n) is 3.21. The Morgan fingerprint density at radius 3 is 2.89 bits per heavy atom. The van der Waals surface area contributed by atoms with Gasteiger partial charge in [-0.1, -0.05) is 24.9 Å². The van der Waals surface area contributed by atoms with Crippen LogP contribution < -0.4 is 4.31 Å². The zero-order valence-corrected chi connectivity index (χ0v) is 12.1. The first kappa shape index (κ1) is 13.7. The fraction of sp³-hybridized carbons (Fsp3) is 0.538. The lowest BCUT2D eigenvalue weighted by Gasteiger charge is -2.30. The predicted molar refractivity (Wildman–Crippen MR) is 75.8 cm³/mol. The van der Waals surface area contributed by atoms with Crippen LogP contribution in [0.15, 0.2) is 18.2 Å². The van der Waals surface area contributed by atoms with Crippen molar-refractivity contribution in [2.45, 2.75) is 32.6 Å². The van der Waals surface area contributed by atoms with Crippen LogP contribution in [0.2, 0.25) is 5.02 Å². The second kappa shape index (κ2) is 5.49. The molecule has 5 heteroatoms. The first-order valence-electron chi connectivity index (χ1n) is 6.33. The van der Waals surface area contributed by atoms with Gasteiger partial charge in [-0.2, -0.15) is 0 Å². The molecule has 0 amide bonds. The van der Waals surface area contributed by atoms with E-state index in [1.54, 1.807) is 10.4 Å². The summed E-state index contributed by atoms with van der Waals surface area (Å²) in [6.07, 6.45) is 3.36. The summed E-state index contributed by atoms with van der Waals surface area (Å²) in [6.45, 7) is 2.58. The molecular formula is C13H18ClNO2S. The van der Waals surface area contributed by atoms with Gasteiger partial charge >= 0.3 is 0 Å².